The van der Waals surface area contributed by atoms with Gasteiger partial charge in [-0.05, 0) is 31.9 Å². The number of hydrogen-bond acceptors (Lipinski definition) is 4. The van der Waals surface area contributed by atoms with Crippen LogP contribution in [0.4, 0.5) is 0 Å². The Hall–Kier alpha value is -1.33. The molecule has 2 N–H and O–H groups in total. The summed E-state index contributed by atoms with van der Waals surface area (Å²) in [5, 5.41) is 3.48. The van der Waals surface area contributed by atoms with E-state index in [1.54, 1.807) is 6.07 Å². The van der Waals surface area contributed by atoms with E-state index < -0.39 is 0 Å². The predicted molar refractivity (Wildman–Crippen MR) is 67.4 cm³/mol. The molecule has 0 amide bonds. The molecule has 1 atom stereocenters. The van der Waals surface area contributed by atoms with Crippen LogP contribution < -0.4 is 5.32 Å². The summed E-state index contributed by atoms with van der Waals surface area (Å²) >= 11 is 0. The van der Waals surface area contributed by atoms with E-state index in [0.717, 1.165) is 31.7 Å². The molecular formula is C13H20N2O3. The zero-order valence-electron chi connectivity index (χ0n) is 10.9. The van der Waals surface area contributed by atoms with Crippen molar-refractivity contribution >= 4 is 5.97 Å². The molecule has 0 spiro atoms. The fraction of sp³-hybridized carbons (Fsp3) is 0.615. The lowest BCUT2D eigenvalue weighted by Gasteiger charge is -2.34. The second-order valence-electron chi connectivity index (χ2n) is 4.96. The maximum atomic E-state index is 11.3. The largest absolute Gasteiger partial charge is 0.464 e. The van der Waals surface area contributed by atoms with Gasteiger partial charge >= 0.3 is 5.97 Å². The van der Waals surface area contributed by atoms with Gasteiger partial charge in [0.15, 0.2) is 0 Å². The van der Waals surface area contributed by atoms with Gasteiger partial charge in [-0.2, -0.15) is 0 Å². The van der Waals surface area contributed by atoms with Crippen LogP contribution in [0.15, 0.2) is 12.1 Å². The molecule has 5 heteroatoms. The first kappa shape index (κ1) is 13.1. The highest BCUT2D eigenvalue weighted by Gasteiger charge is 2.26. The van der Waals surface area contributed by atoms with Gasteiger partial charge in [0.05, 0.1) is 13.7 Å². The standard InChI is InChI=1S/C13H20N2O3/c1-13(6-3-7-18-9-13)14-8-10-4-5-11(15-10)12(16)17-2/h4-5,14-15H,3,6-9H2,1-2H3. The van der Waals surface area contributed by atoms with Gasteiger partial charge in [0.25, 0.3) is 0 Å². The second-order valence-corrected chi connectivity index (χ2v) is 4.96. The van der Waals surface area contributed by atoms with Crippen LogP contribution in [0.5, 0.6) is 0 Å². The number of methoxy groups -OCH3 is 1. The second kappa shape index (κ2) is 5.54. The van der Waals surface area contributed by atoms with E-state index in [1.165, 1.54) is 7.11 Å². The Morgan fingerprint density at radius 3 is 3.11 bits per heavy atom. The predicted octanol–water partition coefficient (Wildman–Crippen LogP) is 1.46. The monoisotopic (exact) mass is 252 g/mol. The number of esters is 1. The van der Waals surface area contributed by atoms with Crippen LogP contribution in [-0.4, -0.2) is 36.8 Å². The summed E-state index contributed by atoms with van der Waals surface area (Å²) in [4.78, 5) is 14.3. The third kappa shape index (κ3) is 3.11. The van der Waals surface area contributed by atoms with E-state index in [4.69, 9.17) is 4.74 Å². The minimum Gasteiger partial charge on any atom is -0.464 e. The number of rotatable bonds is 4. The summed E-state index contributed by atoms with van der Waals surface area (Å²) in [5.74, 6) is -0.339. The Morgan fingerprint density at radius 2 is 2.44 bits per heavy atom. The van der Waals surface area contributed by atoms with E-state index in [1.807, 2.05) is 6.07 Å². The molecule has 0 radical (unpaired) electrons. The molecule has 100 valence electrons. The van der Waals surface area contributed by atoms with Crippen LogP contribution >= 0.6 is 0 Å². The van der Waals surface area contributed by atoms with Crippen molar-refractivity contribution in [3.05, 3.63) is 23.5 Å². The quantitative estimate of drug-likeness (QED) is 0.796. The topological polar surface area (TPSA) is 63.4 Å². The molecule has 5 nitrogen and oxygen atoms in total. The highest BCUT2D eigenvalue weighted by atomic mass is 16.5. The average molecular weight is 252 g/mol. The van der Waals surface area contributed by atoms with Gasteiger partial charge < -0.3 is 19.8 Å². The van der Waals surface area contributed by atoms with Crippen LogP contribution in [0.2, 0.25) is 0 Å². The molecule has 0 aliphatic carbocycles. The first-order valence-electron chi connectivity index (χ1n) is 6.22. The minimum atomic E-state index is -0.339. The van der Waals surface area contributed by atoms with Crippen molar-refractivity contribution in [1.82, 2.24) is 10.3 Å². The molecule has 1 fully saturated rings. The van der Waals surface area contributed by atoms with Crippen molar-refractivity contribution in [2.24, 2.45) is 0 Å². The normalized spacial score (nSPS) is 23.9. The van der Waals surface area contributed by atoms with Crippen molar-refractivity contribution in [3.63, 3.8) is 0 Å². The smallest absolute Gasteiger partial charge is 0.354 e. The zero-order chi connectivity index (χ0) is 13.0. The number of hydrogen-bond donors (Lipinski definition) is 2. The molecule has 0 aromatic carbocycles. The molecule has 18 heavy (non-hydrogen) atoms. The molecule has 1 aliphatic heterocycles. The van der Waals surface area contributed by atoms with Gasteiger partial charge in [-0.15, -0.1) is 0 Å². The van der Waals surface area contributed by atoms with Crippen molar-refractivity contribution < 1.29 is 14.3 Å². The lowest BCUT2D eigenvalue weighted by atomic mass is 9.95. The minimum absolute atomic E-state index is 0.0226. The van der Waals surface area contributed by atoms with Gasteiger partial charge in [-0.3, -0.25) is 0 Å². The number of carbonyl (C=O) groups excluding carboxylic acids is 1. The molecule has 2 rings (SSSR count). The number of aromatic amines is 1. The Morgan fingerprint density at radius 1 is 1.61 bits per heavy atom. The first-order chi connectivity index (χ1) is 8.63. The first-order valence-corrected chi connectivity index (χ1v) is 6.22. The summed E-state index contributed by atoms with van der Waals surface area (Å²) in [5.41, 5.74) is 1.48. The number of nitrogens with one attached hydrogen (secondary N) is 2. The van der Waals surface area contributed by atoms with Gasteiger partial charge in [-0.25, -0.2) is 4.79 Å². The molecule has 1 aliphatic rings. The fourth-order valence-electron chi connectivity index (χ4n) is 2.15. The number of ether oxygens (including phenoxy) is 2. The van der Waals surface area contributed by atoms with Crippen molar-refractivity contribution in [3.8, 4) is 0 Å². The van der Waals surface area contributed by atoms with Gasteiger partial charge in [0.1, 0.15) is 5.69 Å². The molecule has 1 saturated heterocycles. The molecule has 1 unspecified atom stereocenters. The van der Waals surface area contributed by atoms with Crippen LogP contribution in [0.25, 0.3) is 0 Å². The van der Waals surface area contributed by atoms with Crippen LogP contribution in [-0.2, 0) is 16.0 Å². The molecule has 0 saturated carbocycles. The fourth-order valence-corrected chi connectivity index (χ4v) is 2.15. The maximum Gasteiger partial charge on any atom is 0.354 e. The Kier molecular flexibility index (Phi) is 4.04. The SMILES string of the molecule is COC(=O)c1ccc(CNC2(C)CCCOC2)[nH]1. The summed E-state index contributed by atoms with van der Waals surface area (Å²) in [6, 6.07) is 3.63. The van der Waals surface area contributed by atoms with Gasteiger partial charge in [0, 0.05) is 24.4 Å². The summed E-state index contributed by atoms with van der Waals surface area (Å²) in [6.07, 6.45) is 2.19. The highest BCUT2D eigenvalue weighted by Crippen LogP contribution is 2.18. The van der Waals surface area contributed by atoms with Crippen molar-refractivity contribution in [2.45, 2.75) is 31.8 Å². The van der Waals surface area contributed by atoms with E-state index in [9.17, 15) is 4.79 Å². The summed E-state index contributed by atoms with van der Waals surface area (Å²) in [6.45, 7) is 4.44. The van der Waals surface area contributed by atoms with Gasteiger partial charge in [-0.1, -0.05) is 0 Å². The van der Waals surface area contributed by atoms with E-state index in [-0.39, 0.29) is 11.5 Å². The Bertz CT molecular complexity index is 408. The Balaban J connectivity index is 1.89. The van der Waals surface area contributed by atoms with E-state index in [2.05, 4.69) is 22.0 Å². The molecule has 2 heterocycles. The number of carbonyl (C=O) groups is 1. The van der Waals surface area contributed by atoms with Crippen molar-refractivity contribution in [2.75, 3.05) is 20.3 Å². The highest BCUT2D eigenvalue weighted by molar-refractivity contribution is 5.87. The van der Waals surface area contributed by atoms with Crippen LogP contribution in [0.1, 0.15) is 35.9 Å². The number of H-pyrrole nitrogens is 1. The lowest BCUT2D eigenvalue weighted by molar-refractivity contribution is 0.0276. The van der Waals surface area contributed by atoms with Crippen LogP contribution in [0, 0.1) is 0 Å². The average Bonchev–Trinajstić information content (AvgIpc) is 2.85. The van der Waals surface area contributed by atoms with Crippen molar-refractivity contribution in [1.29, 1.82) is 0 Å². The molecule has 0 bridgehead atoms. The Labute approximate surface area is 107 Å². The summed E-state index contributed by atoms with van der Waals surface area (Å²) < 4.78 is 10.1. The van der Waals surface area contributed by atoms with E-state index >= 15 is 0 Å². The number of aromatic nitrogens is 1. The third-order valence-electron chi connectivity index (χ3n) is 3.30. The maximum absolute atomic E-state index is 11.3. The van der Waals surface area contributed by atoms with E-state index in [0.29, 0.717) is 12.2 Å². The molecule has 1 aromatic rings. The van der Waals surface area contributed by atoms with Gasteiger partial charge in [0.2, 0.25) is 0 Å². The zero-order valence-corrected chi connectivity index (χ0v) is 10.9. The third-order valence-corrected chi connectivity index (χ3v) is 3.30. The molecular weight excluding hydrogens is 232 g/mol. The lowest BCUT2D eigenvalue weighted by Crippen LogP contribution is -2.48. The molecule has 1 aromatic heterocycles. The van der Waals surface area contributed by atoms with Crippen LogP contribution in [0.3, 0.4) is 0 Å². The summed E-state index contributed by atoms with van der Waals surface area (Å²) in [7, 11) is 1.38.